The molecule has 0 unspecified atom stereocenters. The van der Waals surface area contributed by atoms with Crippen LogP contribution in [0.1, 0.15) is 94.2 Å². The number of benzene rings is 2. The fourth-order valence-electron chi connectivity index (χ4n) is 4.65. The van der Waals surface area contributed by atoms with Gasteiger partial charge in [-0.25, -0.2) is 0 Å². The molecule has 0 N–H and O–H groups in total. The van der Waals surface area contributed by atoms with Crippen molar-refractivity contribution >= 4 is 0 Å². The minimum absolute atomic E-state index is 0.0852. The first kappa shape index (κ1) is 22.8. The van der Waals surface area contributed by atoms with Gasteiger partial charge in [0.1, 0.15) is 5.75 Å². The van der Waals surface area contributed by atoms with Crippen LogP contribution in [0.15, 0.2) is 48.5 Å². The van der Waals surface area contributed by atoms with Gasteiger partial charge in [0.2, 0.25) is 0 Å². The van der Waals surface area contributed by atoms with Gasteiger partial charge in [-0.15, -0.1) is 0 Å². The second kappa shape index (κ2) is 10.9. The first-order valence-electron chi connectivity index (χ1n) is 11.8. The molecule has 3 rings (SSSR count). The van der Waals surface area contributed by atoms with Crippen molar-refractivity contribution < 1.29 is 13.5 Å². The zero-order valence-electron chi connectivity index (χ0n) is 18.5. The molecule has 0 bridgehead atoms. The number of halogens is 2. The van der Waals surface area contributed by atoms with Gasteiger partial charge < -0.3 is 4.74 Å². The van der Waals surface area contributed by atoms with Crippen LogP contribution in [0, 0.1) is 5.92 Å². The van der Waals surface area contributed by atoms with Gasteiger partial charge in [-0.3, -0.25) is 0 Å². The van der Waals surface area contributed by atoms with E-state index in [4.69, 9.17) is 4.74 Å². The summed E-state index contributed by atoms with van der Waals surface area (Å²) in [6.45, 7) is 4.42. The van der Waals surface area contributed by atoms with Crippen LogP contribution in [0.3, 0.4) is 0 Å². The summed E-state index contributed by atoms with van der Waals surface area (Å²) in [4.78, 5) is 0. The molecule has 1 fully saturated rings. The van der Waals surface area contributed by atoms with Crippen LogP contribution in [-0.4, -0.2) is 0 Å². The molecule has 1 saturated carbocycles. The monoisotopic (exact) mass is 414 g/mol. The Labute approximate surface area is 180 Å². The summed E-state index contributed by atoms with van der Waals surface area (Å²) in [6, 6.07) is 13.9. The molecular weight excluding hydrogens is 378 g/mol. The Morgan fingerprint density at radius 3 is 2.10 bits per heavy atom. The highest BCUT2D eigenvalue weighted by atomic mass is 19.3. The summed E-state index contributed by atoms with van der Waals surface area (Å²) in [6.07, 6.45) is 8.55. The Morgan fingerprint density at radius 1 is 0.833 bits per heavy atom. The fraction of sp³-hybridized carbons (Fsp3) is 0.556. The number of ether oxygens (including phenoxy) is 1. The number of alkyl halides is 2. The lowest BCUT2D eigenvalue weighted by molar-refractivity contribution is -0.185. The number of hydrogen-bond acceptors (Lipinski definition) is 1. The first-order valence-corrected chi connectivity index (χ1v) is 11.8. The molecular formula is C27H36F2O. The highest BCUT2D eigenvalue weighted by Crippen LogP contribution is 2.38. The van der Waals surface area contributed by atoms with Gasteiger partial charge in [0.15, 0.2) is 0 Å². The highest BCUT2D eigenvalue weighted by Gasteiger charge is 2.34. The first-order chi connectivity index (χ1) is 14.5. The summed E-state index contributed by atoms with van der Waals surface area (Å²) < 4.78 is 34.4. The third kappa shape index (κ3) is 6.30. The Morgan fingerprint density at radius 2 is 1.50 bits per heavy atom. The summed E-state index contributed by atoms with van der Waals surface area (Å²) in [5.74, 6) is 1.56. The zero-order chi connectivity index (χ0) is 21.4. The van der Waals surface area contributed by atoms with E-state index in [1.165, 1.54) is 69.1 Å². The van der Waals surface area contributed by atoms with Gasteiger partial charge in [-0.1, -0.05) is 63.8 Å². The van der Waals surface area contributed by atoms with Gasteiger partial charge in [-0.05, 0) is 85.8 Å². The Balaban J connectivity index is 1.57. The lowest BCUT2D eigenvalue weighted by Crippen LogP contribution is -2.22. The molecule has 0 radical (unpaired) electrons. The predicted molar refractivity (Wildman–Crippen MR) is 120 cm³/mol. The summed E-state index contributed by atoms with van der Waals surface area (Å²) in [7, 11) is 0. The van der Waals surface area contributed by atoms with Crippen molar-refractivity contribution in [2.24, 2.45) is 5.92 Å². The number of hydrogen-bond donors (Lipinski definition) is 0. The molecule has 164 valence electrons. The minimum Gasteiger partial charge on any atom is -0.429 e. The molecule has 2 aromatic rings. The number of aryl methyl sites for hydroxylation is 1. The van der Waals surface area contributed by atoms with Crippen molar-refractivity contribution in [2.45, 2.75) is 90.1 Å². The third-order valence-electron chi connectivity index (χ3n) is 6.50. The largest absolute Gasteiger partial charge is 0.429 e. The molecule has 30 heavy (non-hydrogen) atoms. The number of unbranched alkanes of at least 4 members (excludes halogenated alkanes) is 2. The third-order valence-corrected chi connectivity index (χ3v) is 6.50. The van der Waals surface area contributed by atoms with E-state index in [0.29, 0.717) is 5.92 Å². The standard InChI is InChI=1S/C27H36F2O/c1-3-5-6-8-22-11-19-26(20-12-22)30-27(28,29)25-17-15-24(16-18-25)23-13-9-21(7-4-2)10-14-23/h11-12,15-21,23H,3-10,13-14H2,1-2H3/t21-,23-. The normalized spacial score (nSPS) is 19.6. The Bertz CT molecular complexity index is 743. The van der Waals surface area contributed by atoms with Gasteiger partial charge >= 0.3 is 6.11 Å². The van der Waals surface area contributed by atoms with Crippen LogP contribution < -0.4 is 4.74 Å². The van der Waals surface area contributed by atoms with Crippen LogP contribution in [0.5, 0.6) is 5.75 Å². The Kier molecular flexibility index (Phi) is 8.30. The number of rotatable bonds is 10. The SMILES string of the molecule is CCCCCc1ccc(OC(F)(F)c2ccc([C@H]3CC[C@H](CCC)CC3)cc2)cc1. The van der Waals surface area contributed by atoms with Crippen molar-refractivity contribution in [1.29, 1.82) is 0 Å². The second-order valence-corrected chi connectivity index (χ2v) is 8.85. The maximum absolute atomic E-state index is 14.7. The minimum atomic E-state index is -3.33. The van der Waals surface area contributed by atoms with E-state index in [9.17, 15) is 8.78 Å². The molecule has 0 heterocycles. The topological polar surface area (TPSA) is 9.23 Å². The van der Waals surface area contributed by atoms with E-state index in [1.54, 1.807) is 12.1 Å². The highest BCUT2D eigenvalue weighted by molar-refractivity contribution is 5.31. The van der Waals surface area contributed by atoms with Crippen LogP contribution in [0.25, 0.3) is 0 Å². The molecule has 2 aromatic carbocycles. The van der Waals surface area contributed by atoms with Gasteiger partial charge in [0.25, 0.3) is 0 Å². The maximum atomic E-state index is 14.7. The molecule has 0 atom stereocenters. The lowest BCUT2D eigenvalue weighted by atomic mass is 9.77. The molecule has 1 nitrogen and oxygen atoms in total. The molecule has 0 spiro atoms. The summed E-state index contributed by atoms with van der Waals surface area (Å²) in [5, 5.41) is 0. The summed E-state index contributed by atoms with van der Waals surface area (Å²) in [5.41, 5.74) is 2.26. The van der Waals surface area contributed by atoms with Gasteiger partial charge in [0, 0.05) is 0 Å². The Hall–Kier alpha value is -1.90. The molecule has 1 aliphatic carbocycles. The molecule has 0 aromatic heterocycles. The van der Waals surface area contributed by atoms with E-state index >= 15 is 0 Å². The molecule has 0 aliphatic heterocycles. The van der Waals surface area contributed by atoms with Crippen molar-refractivity contribution in [3.05, 3.63) is 65.2 Å². The molecule has 0 amide bonds. The van der Waals surface area contributed by atoms with Gasteiger partial charge in [-0.2, -0.15) is 8.78 Å². The molecule has 0 saturated heterocycles. The quantitative estimate of drug-likeness (QED) is 0.354. The van der Waals surface area contributed by atoms with Crippen molar-refractivity contribution in [1.82, 2.24) is 0 Å². The second-order valence-electron chi connectivity index (χ2n) is 8.85. The van der Waals surface area contributed by atoms with E-state index < -0.39 is 6.11 Å². The fourth-order valence-corrected chi connectivity index (χ4v) is 4.65. The van der Waals surface area contributed by atoms with E-state index in [0.717, 1.165) is 24.3 Å². The summed E-state index contributed by atoms with van der Waals surface area (Å²) >= 11 is 0. The average Bonchev–Trinajstić information content (AvgIpc) is 2.76. The van der Waals surface area contributed by atoms with E-state index in [2.05, 4.69) is 13.8 Å². The van der Waals surface area contributed by atoms with Gasteiger partial charge in [0.05, 0.1) is 5.56 Å². The van der Waals surface area contributed by atoms with Crippen molar-refractivity contribution in [3.8, 4) is 5.75 Å². The van der Waals surface area contributed by atoms with Crippen LogP contribution in [-0.2, 0) is 12.5 Å². The van der Waals surface area contributed by atoms with Crippen LogP contribution in [0.2, 0.25) is 0 Å². The smallest absolute Gasteiger partial charge is 0.426 e. The van der Waals surface area contributed by atoms with Crippen molar-refractivity contribution in [2.75, 3.05) is 0 Å². The van der Waals surface area contributed by atoms with E-state index in [1.807, 2.05) is 24.3 Å². The zero-order valence-corrected chi connectivity index (χ0v) is 18.5. The van der Waals surface area contributed by atoms with Crippen LogP contribution in [0.4, 0.5) is 8.78 Å². The van der Waals surface area contributed by atoms with Crippen molar-refractivity contribution in [3.63, 3.8) is 0 Å². The predicted octanol–water partition coefficient (Wildman–Crippen LogP) is 8.62. The maximum Gasteiger partial charge on any atom is 0.426 e. The van der Waals surface area contributed by atoms with E-state index in [-0.39, 0.29) is 11.3 Å². The van der Waals surface area contributed by atoms with Crippen LogP contribution >= 0.6 is 0 Å². The molecule has 3 heteroatoms. The lowest BCUT2D eigenvalue weighted by Gasteiger charge is -2.29. The molecule has 1 aliphatic rings. The average molecular weight is 415 g/mol.